The number of aliphatic hydroxyl groups is 1. The third-order valence-corrected chi connectivity index (χ3v) is 17.7. The molecule has 0 aromatic heterocycles. The van der Waals surface area contributed by atoms with E-state index in [-0.39, 0.29) is 65.7 Å². The van der Waals surface area contributed by atoms with Crippen LogP contribution in [0.1, 0.15) is 140 Å². The van der Waals surface area contributed by atoms with Gasteiger partial charge in [0.15, 0.2) is 25.7 Å². The van der Waals surface area contributed by atoms with Gasteiger partial charge in [0.1, 0.15) is 12.0 Å². The molecule has 3 heterocycles. The monoisotopic (exact) mass is 941 g/mol. The van der Waals surface area contributed by atoms with Gasteiger partial charge in [-0.1, -0.05) is 96.2 Å². The van der Waals surface area contributed by atoms with E-state index in [4.69, 9.17) is 42.3 Å². The highest BCUT2D eigenvalue weighted by atomic mass is 28.4. The summed E-state index contributed by atoms with van der Waals surface area (Å²) in [6, 6.07) is 8.02. The minimum Gasteiger partial charge on any atom is -0.497 e. The fraction of sp³-hybridized carbons (Fsp3) is 0.722. The van der Waals surface area contributed by atoms with Crippen LogP contribution in [0.3, 0.4) is 0 Å². The third-order valence-electron chi connectivity index (χ3n) is 13.2. The largest absolute Gasteiger partial charge is 0.497 e. The van der Waals surface area contributed by atoms with Crippen molar-refractivity contribution < 1.29 is 52.2 Å². The molecule has 1 N–H and O–H groups in total. The van der Waals surface area contributed by atoms with Crippen molar-refractivity contribution in [1.29, 1.82) is 0 Å². The highest BCUT2D eigenvalue weighted by Gasteiger charge is 2.44. The molecule has 0 saturated carbocycles. The van der Waals surface area contributed by atoms with Crippen molar-refractivity contribution in [2.75, 3.05) is 7.11 Å². The Morgan fingerprint density at radius 1 is 0.727 bits per heavy atom. The summed E-state index contributed by atoms with van der Waals surface area (Å²) in [6.07, 6.45) is 20.3. The van der Waals surface area contributed by atoms with E-state index >= 15 is 0 Å². The molecule has 0 aliphatic carbocycles. The van der Waals surface area contributed by atoms with Gasteiger partial charge in [-0.2, -0.15) is 0 Å². The Labute approximate surface area is 400 Å². The summed E-state index contributed by atoms with van der Waals surface area (Å²) in [5, 5.41) is 10.7. The summed E-state index contributed by atoms with van der Waals surface area (Å²) < 4.78 is 58.9. The molecule has 0 radical (unpaired) electrons. The first-order chi connectivity index (χ1) is 30.8. The Morgan fingerprint density at radius 3 is 1.77 bits per heavy atom. The minimum absolute atomic E-state index is 0.0139. The van der Waals surface area contributed by atoms with Crippen LogP contribution in [0, 0.1) is 11.8 Å². The first-order valence-electron chi connectivity index (χ1n) is 24.6. The lowest BCUT2D eigenvalue weighted by molar-refractivity contribution is -0.324. The topological polar surface area (TPSA) is 120 Å². The number of ether oxygens (including phenoxy) is 8. The van der Waals surface area contributed by atoms with Gasteiger partial charge in [0.05, 0.1) is 68.7 Å². The Kier molecular flexibility index (Phi) is 21.1. The fourth-order valence-electron chi connectivity index (χ4n) is 9.12. The molecule has 10 atom stereocenters. The predicted octanol–water partition coefficient (Wildman–Crippen LogP) is 11.7. The molecule has 12 heteroatoms. The lowest BCUT2D eigenvalue weighted by atomic mass is 9.92. The zero-order valence-corrected chi connectivity index (χ0v) is 44.3. The van der Waals surface area contributed by atoms with Gasteiger partial charge in [0.25, 0.3) is 0 Å². The molecule has 374 valence electrons. The highest BCUT2D eigenvalue weighted by Crippen LogP contribution is 2.41. The lowest BCUT2D eigenvalue weighted by Crippen LogP contribution is -2.50. The predicted molar refractivity (Wildman–Crippen MR) is 265 cm³/mol. The second-order valence-corrected chi connectivity index (χ2v) is 26.8. The van der Waals surface area contributed by atoms with Gasteiger partial charge in [-0.05, 0) is 102 Å². The molecule has 3 fully saturated rings. The number of hydrogen-bond donors (Lipinski definition) is 1. The van der Waals surface area contributed by atoms with E-state index in [1.807, 2.05) is 105 Å². The lowest BCUT2D eigenvalue weighted by Gasteiger charge is -2.46. The quantitative estimate of drug-likeness (QED) is 0.0371. The van der Waals surface area contributed by atoms with Gasteiger partial charge in [0, 0.05) is 44.4 Å². The van der Waals surface area contributed by atoms with Gasteiger partial charge in [-0.3, -0.25) is 4.79 Å². The highest BCUT2D eigenvalue weighted by molar-refractivity contribution is 6.74. The number of carbonyl (C=O) groups is 1. The number of carbonyl (C=O) groups excluding carboxylic acids is 1. The molecule has 11 nitrogen and oxygen atoms in total. The van der Waals surface area contributed by atoms with Gasteiger partial charge >= 0.3 is 0 Å². The number of hydrogen-bond acceptors (Lipinski definition) is 11. The van der Waals surface area contributed by atoms with Crippen molar-refractivity contribution in [3.8, 4) is 5.75 Å². The molecule has 1 aromatic rings. The van der Waals surface area contributed by atoms with Crippen molar-refractivity contribution in [3.63, 3.8) is 0 Å². The number of benzene rings is 1. The number of rotatable bonds is 23. The molecule has 0 bridgehead atoms. The van der Waals surface area contributed by atoms with Crippen LogP contribution in [0.15, 0.2) is 72.9 Å². The zero-order valence-electron chi connectivity index (χ0n) is 43.3. The van der Waals surface area contributed by atoms with Gasteiger partial charge < -0.3 is 47.4 Å². The molecule has 0 amide bonds. The first kappa shape index (κ1) is 56.1. The molecule has 0 spiro atoms. The molecule has 0 unspecified atom stereocenters. The number of aliphatic hydroxyl groups excluding tert-OH is 1. The van der Waals surface area contributed by atoms with Crippen LogP contribution in [0.25, 0.3) is 0 Å². The Balaban J connectivity index is 1.52. The standard InChI is InChI=1S/C54H88O11Si/c1-38(2)50(56)39(3)23-26-42-30-45(60-52(7,8)59-42)34-49-36-48(63-54(11,12)64-49)33-44(58-37-40-24-27-41(57-13)28-25-40)32-47-35-46(61-53(9,10)62-47)31-43(65-66(14,15)51(4,5)6)22-20-18-16-17-19-21-29-55/h16-21,23-29,38-39,42-50,56H,22,30-37H2,1-15H3/b17-16+,20-18+,21-19+,26-23+/t39-,42-,43-,44+,45-,46-,47+,48-,49+,50-/m0/s1. The normalized spacial score (nSPS) is 28.0. The van der Waals surface area contributed by atoms with Gasteiger partial charge in [-0.25, -0.2) is 0 Å². The summed E-state index contributed by atoms with van der Waals surface area (Å²) in [4.78, 5) is 10.7. The Morgan fingerprint density at radius 2 is 1.23 bits per heavy atom. The maximum Gasteiger partial charge on any atom is 0.192 e. The van der Waals surface area contributed by atoms with E-state index in [9.17, 15) is 9.90 Å². The number of aldehydes is 1. The van der Waals surface area contributed by atoms with Crippen LogP contribution in [-0.2, 0) is 49.0 Å². The van der Waals surface area contributed by atoms with Gasteiger partial charge in [0.2, 0.25) is 0 Å². The van der Waals surface area contributed by atoms with Crippen LogP contribution in [-0.4, -0.2) is 99.1 Å². The summed E-state index contributed by atoms with van der Waals surface area (Å²) in [6.45, 7) is 29.9. The summed E-state index contributed by atoms with van der Waals surface area (Å²) in [5.74, 6) is -1.40. The van der Waals surface area contributed by atoms with Crippen LogP contribution >= 0.6 is 0 Å². The van der Waals surface area contributed by atoms with E-state index in [0.717, 1.165) is 30.4 Å². The van der Waals surface area contributed by atoms with Crippen LogP contribution in [0.4, 0.5) is 0 Å². The average molecular weight is 941 g/mol. The van der Waals surface area contributed by atoms with Gasteiger partial charge in [-0.15, -0.1) is 0 Å². The molecule has 3 aliphatic rings. The van der Waals surface area contributed by atoms with Crippen molar-refractivity contribution in [1.82, 2.24) is 0 Å². The second-order valence-electron chi connectivity index (χ2n) is 22.0. The summed E-state index contributed by atoms with van der Waals surface area (Å²) in [7, 11) is -0.443. The van der Waals surface area contributed by atoms with Crippen molar-refractivity contribution in [2.24, 2.45) is 11.8 Å². The van der Waals surface area contributed by atoms with E-state index in [1.54, 1.807) is 13.2 Å². The zero-order chi connectivity index (χ0) is 48.9. The fourth-order valence-corrected chi connectivity index (χ4v) is 10.5. The summed E-state index contributed by atoms with van der Waals surface area (Å²) >= 11 is 0. The van der Waals surface area contributed by atoms with E-state index in [2.05, 4.69) is 52.1 Å². The maximum absolute atomic E-state index is 10.7. The molecule has 1 aromatic carbocycles. The van der Waals surface area contributed by atoms with Crippen molar-refractivity contribution >= 4 is 14.6 Å². The van der Waals surface area contributed by atoms with E-state index < -0.39 is 31.8 Å². The van der Waals surface area contributed by atoms with Crippen molar-refractivity contribution in [2.45, 2.75) is 231 Å². The third kappa shape index (κ3) is 19.1. The Bertz CT molecular complexity index is 1730. The smallest absolute Gasteiger partial charge is 0.192 e. The second kappa shape index (κ2) is 24.9. The molecular formula is C54H88O11Si. The van der Waals surface area contributed by atoms with Crippen LogP contribution in [0.5, 0.6) is 5.75 Å². The molecule has 3 saturated heterocycles. The Hall–Kier alpha value is -2.49. The minimum atomic E-state index is -2.12. The van der Waals surface area contributed by atoms with Crippen molar-refractivity contribution in [3.05, 3.63) is 78.4 Å². The SMILES string of the molecule is COc1ccc(CO[C@H](C[C@@H]2C[C@H](C[C@H](C/C=C/C=C/C=C/C=O)O[Si](C)(C)C(C)(C)C)OC(C)(C)O2)C[C@H]2C[C@@H](C[C@@H]3C[C@H](/C=C/[C@H](C)[C@@H](O)C(C)C)OC(C)(C)O3)OC(C)(C)O2)cc1. The maximum atomic E-state index is 10.7. The molecule has 3 aliphatic heterocycles. The molecular weight excluding hydrogens is 853 g/mol. The van der Waals surface area contributed by atoms with Crippen LogP contribution in [0.2, 0.25) is 18.1 Å². The molecule has 66 heavy (non-hydrogen) atoms. The average Bonchev–Trinajstić information content (AvgIpc) is 3.19. The summed E-state index contributed by atoms with van der Waals surface area (Å²) in [5.41, 5.74) is 1.06. The first-order valence-corrected chi connectivity index (χ1v) is 27.5. The number of allylic oxidation sites excluding steroid dienone is 5. The van der Waals surface area contributed by atoms with E-state index in [1.165, 1.54) is 6.08 Å². The van der Waals surface area contributed by atoms with E-state index in [0.29, 0.717) is 45.1 Å². The molecule has 4 rings (SSSR count). The number of methoxy groups -OCH3 is 1. The van der Waals surface area contributed by atoms with Crippen LogP contribution < -0.4 is 4.74 Å².